The second kappa shape index (κ2) is 10.9. The molecule has 22 heavy (non-hydrogen) atoms. The maximum atomic E-state index is 11.7. The Bertz CT molecular complexity index is 540. The number of unbranched alkanes of at least 4 members (excludes halogenated alkanes) is 6. The fourth-order valence-corrected chi connectivity index (χ4v) is 2.65. The first-order valence-electron chi connectivity index (χ1n) is 7.79. The molecule has 1 aromatic rings. The Morgan fingerprint density at radius 2 is 1.82 bits per heavy atom. The minimum atomic E-state index is -0.316. The lowest BCUT2D eigenvalue weighted by molar-refractivity contribution is -0.119. The van der Waals surface area contributed by atoms with E-state index in [1.165, 1.54) is 50.4 Å². The Hall–Kier alpha value is -1.80. The van der Waals surface area contributed by atoms with E-state index in [1.54, 1.807) is 6.07 Å². The molecule has 0 aliphatic heterocycles. The minimum absolute atomic E-state index is 0.302. The van der Waals surface area contributed by atoms with Crippen LogP contribution in [0.2, 0.25) is 0 Å². The smallest absolute Gasteiger partial charge is 0.274 e. The quantitative estimate of drug-likeness (QED) is 0.458. The highest BCUT2D eigenvalue weighted by Gasteiger charge is 2.08. The number of nitrogens with one attached hydrogen (secondary N) is 2. The SMILES string of the molecule is CCCCCCCCC#Cc1ccc(C(=O)NNC(C)=O)s1. The summed E-state index contributed by atoms with van der Waals surface area (Å²) in [6, 6.07) is 3.55. The Labute approximate surface area is 136 Å². The fraction of sp³-hybridized carbons (Fsp3) is 0.529. The van der Waals surface area contributed by atoms with Gasteiger partial charge in [-0.25, -0.2) is 0 Å². The number of thiophene rings is 1. The van der Waals surface area contributed by atoms with Gasteiger partial charge in [0, 0.05) is 13.3 Å². The summed E-state index contributed by atoms with van der Waals surface area (Å²) in [5.41, 5.74) is 4.60. The topological polar surface area (TPSA) is 58.2 Å². The van der Waals surface area contributed by atoms with Crippen LogP contribution in [0.1, 0.15) is 73.3 Å². The summed E-state index contributed by atoms with van der Waals surface area (Å²) in [5.74, 6) is 5.62. The van der Waals surface area contributed by atoms with Gasteiger partial charge in [-0.05, 0) is 18.6 Å². The summed E-state index contributed by atoms with van der Waals surface area (Å²) >= 11 is 1.33. The van der Waals surface area contributed by atoms with E-state index in [-0.39, 0.29) is 11.8 Å². The highest BCUT2D eigenvalue weighted by atomic mass is 32.1. The summed E-state index contributed by atoms with van der Waals surface area (Å²) < 4.78 is 0. The van der Waals surface area contributed by atoms with Gasteiger partial charge in [-0.2, -0.15) is 0 Å². The van der Waals surface area contributed by atoms with E-state index in [0.29, 0.717) is 4.88 Å². The van der Waals surface area contributed by atoms with Crippen LogP contribution < -0.4 is 10.9 Å². The summed E-state index contributed by atoms with van der Waals surface area (Å²) in [5, 5.41) is 0. The third kappa shape index (κ3) is 7.84. The molecule has 1 rings (SSSR count). The summed E-state index contributed by atoms with van der Waals surface area (Å²) in [7, 11) is 0. The lowest BCUT2D eigenvalue weighted by atomic mass is 10.1. The van der Waals surface area contributed by atoms with Crippen molar-refractivity contribution in [2.45, 2.75) is 58.8 Å². The van der Waals surface area contributed by atoms with Gasteiger partial charge in [-0.15, -0.1) is 11.3 Å². The van der Waals surface area contributed by atoms with Crippen molar-refractivity contribution in [3.63, 3.8) is 0 Å². The molecule has 0 bridgehead atoms. The molecule has 1 heterocycles. The number of amides is 2. The second-order valence-corrected chi connectivity index (χ2v) is 6.20. The molecule has 2 N–H and O–H groups in total. The molecule has 4 nitrogen and oxygen atoms in total. The Balaban J connectivity index is 2.29. The maximum Gasteiger partial charge on any atom is 0.279 e. The minimum Gasteiger partial charge on any atom is -0.274 e. The van der Waals surface area contributed by atoms with Crippen molar-refractivity contribution >= 4 is 23.2 Å². The van der Waals surface area contributed by atoms with E-state index in [1.807, 2.05) is 6.07 Å². The van der Waals surface area contributed by atoms with Gasteiger partial charge in [0.05, 0.1) is 9.75 Å². The largest absolute Gasteiger partial charge is 0.279 e. The molecule has 0 unspecified atom stereocenters. The van der Waals surface area contributed by atoms with Crippen LogP contribution in [0.3, 0.4) is 0 Å². The Kier molecular flexibility index (Phi) is 9.01. The van der Waals surface area contributed by atoms with E-state index in [4.69, 9.17) is 0 Å². The van der Waals surface area contributed by atoms with Crippen LogP contribution in [0.5, 0.6) is 0 Å². The predicted octanol–water partition coefficient (Wildman–Crippen LogP) is 3.63. The summed E-state index contributed by atoms with van der Waals surface area (Å²) in [4.78, 5) is 23.8. The van der Waals surface area contributed by atoms with Gasteiger partial charge in [-0.3, -0.25) is 20.4 Å². The molecule has 0 saturated heterocycles. The zero-order chi connectivity index (χ0) is 16.2. The number of carbonyl (C=O) groups excluding carboxylic acids is 2. The molecule has 0 radical (unpaired) electrons. The van der Waals surface area contributed by atoms with Gasteiger partial charge in [0.25, 0.3) is 5.91 Å². The summed E-state index contributed by atoms with van der Waals surface area (Å²) in [6.07, 6.45) is 8.49. The highest BCUT2D eigenvalue weighted by molar-refractivity contribution is 7.14. The van der Waals surface area contributed by atoms with Crippen molar-refractivity contribution in [2.24, 2.45) is 0 Å². The van der Waals surface area contributed by atoms with Gasteiger partial charge in [0.2, 0.25) is 5.91 Å². The van der Waals surface area contributed by atoms with Gasteiger partial charge in [0.1, 0.15) is 0 Å². The zero-order valence-corrected chi connectivity index (χ0v) is 14.1. The monoisotopic (exact) mass is 320 g/mol. The molecular formula is C17H24N2O2S. The van der Waals surface area contributed by atoms with Gasteiger partial charge >= 0.3 is 0 Å². The molecule has 0 aliphatic rings. The van der Waals surface area contributed by atoms with Crippen LogP contribution >= 0.6 is 11.3 Å². The normalized spacial score (nSPS) is 9.73. The van der Waals surface area contributed by atoms with Crippen molar-refractivity contribution in [1.29, 1.82) is 0 Å². The molecule has 0 spiro atoms. The zero-order valence-electron chi connectivity index (χ0n) is 13.3. The molecule has 0 aliphatic carbocycles. The van der Waals surface area contributed by atoms with Crippen LogP contribution in [0.25, 0.3) is 0 Å². The number of carbonyl (C=O) groups is 2. The van der Waals surface area contributed by atoms with E-state index < -0.39 is 0 Å². The maximum absolute atomic E-state index is 11.7. The van der Waals surface area contributed by atoms with E-state index in [9.17, 15) is 9.59 Å². The van der Waals surface area contributed by atoms with Gasteiger partial charge < -0.3 is 0 Å². The highest BCUT2D eigenvalue weighted by Crippen LogP contribution is 2.15. The number of rotatable bonds is 7. The van der Waals surface area contributed by atoms with Crippen molar-refractivity contribution in [3.05, 3.63) is 21.9 Å². The third-order valence-corrected chi connectivity index (χ3v) is 4.05. The Morgan fingerprint density at radius 1 is 1.09 bits per heavy atom. The summed E-state index contributed by atoms with van der Waals surface area (Å²) in [6.45, 7) is 3.56. The molecule has 0 aromatic carbocycles. The molecule has 120 valence electrons. The second-order valence-electron chi connectivity index (χ2n) is 5.12. The lowest BCUT2D eigenvalue weighted by Crippen LogP contribution is -2.39. The first kappa shape index (κ1) is 18.2. The number of hydrazine groups is 1. The first-order chi connectivity index (χ1) is 10.6. The standard InChI is InChI=1S/C17H24N2O2S/c1-3-4-5-6-7-8-9-10-11-15-12-13-16(22-15)17(21)19-18-14(2)20/h12-13H,3-9H2,1-2H3,(H,18,20)(H,19,21). The molecule has 5 heteroatoms. The molecule has 0 saturated carbocycles. The van der Waals surface area contributed by atoms with Crippen molar-refractivity contribution in [1.82, 2.24) is 10.9 Å². The predicted molar refractivity (Wildman–Crippen MR) is 90.5 cm³/mol. The van der Waals surface area contributed by atoms with Crippen molar-refractivity contribution in [2.75, 3.05) is 0 Å². The van der Waals surface area contributed by atoms with Crippen LogP contribution in [-0.2, 0) is 4.79 Å². The van der Waals surface area contributed by atoms with Gasteiger partial charge in [-0.1, -0.05) is 50.9 Å². The average molecular weight is 320 g/mol. The average Bonchev–Trinajstić information content (AvgIpc) is 2.96. The number of hydrogen-bond acceptors (Lipinski definition) is 3. The number of hydrogen-bond donors (Lipinski definition) is 2. The van der Waals surface area contributed by atoms with Crippen molar-refractivity contribution < 1.29 is 9.59 Å². The molecule has 0 atom stereocenters. The molecular weight excluding hydrogens is 296 g/mol. The molecule has 1 aromatic heterocycles. The van der Waals surface area contributed by atoms with Crippen LogP contribution in [0.15, 0.2) is 12.1 Å². The van der Waals surface area contributed by atoms with Crippen molar-refractivity contribution in [3.8, 4) is 11.8 Å². The van der Waals surface area contributed by atoms with Crippen LogP contribution in [-0.4, -0.2) is 11.8 Å². The van der Waals surface area contributed by atoms with E-state index in [2.05, 4.69) is 29.6 Å². The molecule has 2 amide bonds. The molecule has 0 fully saturated rings. The lowest BCUT2D eigenvalue weighted by Gasteiger charge is -2.01. The van der Waals surface area contributed by atoms with Crippen LogP contribution in [0.4, 0.5) is 0 Å². The fourth-order valence-electron chi connectivity index (χ4n) is 1.88. The van der Waals surface area contributed by atoms with Crippen LogP contribution in [0, 0.1) is 11.8 Å². The van der Waals surface area contributed by atoms with E-state index >= 15 is 0 Å². The first-order valence-corrected chi connectivity index (χ1v) is 8.60. The van der Waals surface area contributed by atoms with Gasteiger partial charge in [0.15, 0.2) is 0 Å². The third-order valence-electron chi connectivity index (χ3n) is 3.05. The van der Waals surface area contributed by atoms with E-state index in [0.717, 1.165) is 17.7 Å². The Morgan fingerprint density at radius 3 is 2.55 bits per heavy atom.